The second kappa shape index (κ2) is 13.5. The number of hydrogen-bond donors (Lipinski definition) is 1. The standard InChI is InChI=1S/C33H33F3N6O2S/c1-21(2)28-15-10-22(3)17-29(28)42-23(4)19-45-32(42)39-31(43)37-16-6-8-24-7-5-9-25(18-24)30-38-20-41(40-30)26-11-13-27(14-12-26)44-33(34,35)36/h5,7,9-15,17-21H,6,8,16H2,1-4H3,(H,37,43). The molecule has 0 aliphatic carbocycles. The van der Waals surface area contributed by atoms with Gasteiger partial charge in [0.05, 0.1) is 11.4 Å². The smallest absolute Gasteiger partial charge is 0.406 e. The zero-order valence-corrected chi connectivity index (χ0v) is 26.1. The topological polar surface area (TPSA) is 86.3 Å². The monoisotopic (exact) mass is 634 g/mol. The molecule has 5 aromatic rings. The Morgan fingerprint density at radius 2 is 1.84 bits per heavy atom. The van der Waals surface area contributed by atoms with E-state index >= 15 is 0 Å². The van der Waals surface area contributed by atoms with Crippen LogP contribution in [0.25, 0.3) is 22.8 Å². The van der Waals surface area contributed by atoms with E-state index < -0.39 is 6.36 Å². The first-order chi connectivity index (χ1) is 21.5. The number of alkyl halides is 3. The highest BCUT2D eigenvalue weighted by atomic mass is 32.1. The third-order valence-electron chi connectivity index (χ3n) is 7.06. The van der Waals surface area contributed by atoms with Gasteiger partial charge in [-0.1, -0.05) is 44.2 Å². The van der Waals surface area contributed by atoms with Crippen molar-refractivity contribution in [3.05, 3.63) is 106 Å². The number of ether oxygens (including phenoxy) is 1. The largest absolute Gasteiger partial charge is 0.573 e. The Hall–Kier alpha value is -4.71. The number of amides is 2. The van der Waals surface area contributed by atoms with Gasteiger partial charge in [-0.2, -0.15) is 4.99 Å². The fraction of sp³-hybridized carbons (Fsp3) is 0.273. The van der Waals surface area contributed by atoms with Crippen molar-refractivity contribution < 1.29 is 22.7 Å². The minimum absolute atomic E-state index is 0.308. The lowest BCUT2D eigenvalue weighted by atomic mass is 9.99. The van der Waals surface area contributed by atoms with E-state index in [9.17, 15) is 18.0 Å². The average molecular weight is 635 g/mol. The van der Waals surface area contributed by atoms with E-state index in [1.165, 1.54) is 52.2 Å². The number of hydrogen-bond acceptors (Lipinski definition) is 5. The van der Waals surface area contributed by atoms with Gasteiger partial charge < -0.3 is 10.1 Å². The third-order valence-corrected chi connectivity index (χ3v) is 8.00. The predicted octanol–water partition coefficient (Wildman–Crippen LogP) is 7.67. The summed E-state index contributed by atoms with van der Waals surface area (Å²) in [5.74, 6) is 0.492. The van der Waals surface area contributed by atoms with Crippen molar-refractivity contribution in [3.8, 4) is 28.5 Å². The molecule has 5 rings (SSSR count). The molecule has 2 heterocycles. The fourth-order valence-electron chi connectivity index (χ4n) is 4.90. The van der Waals surface area contributed by atoms with E-state index in [1.807, 2.05) is 41.1 Å². The van der Waals surface area contributed by atoms with Crippen molar-refractivity contribution in [3.63, 3.8) is 0 Å². The Labute approximate surface area is 262 Å². The molecule has 1 N–H and O–H groups in total. The number of benzene rings is 3. The fourth-order valence-corrected chi connectivity index (χ4v) is 5.76. The molecule has 0 bridgehead atoms. The lowest BCUT2D eigenvalue weighted by Crippen LogP contribution is -2.26. The van der Waals surface area contributed by atoms with Gasteiger partial charge in [0, 0.05) is 23.2 Å². The third kappa shape index (κ3) is 8.07. The van der Waals surface area contributed by atoms with Crippen molar-refractivity contribution in [2.24, 2.45) is 4.99 Å². The van der Waals surface area contributed by atoms with Crippen LogP contribution in [0.5, 0.6) is 5.75 Å². The number of carbonyl (C=O) groups excluding carboxylic acids is 1. The van der Waals surface area contributed by atoms with E-state index in [-0.39, 0.29) is 11.8 Å². The van der Waals surface area contributed by atoms with Gasteiger partial charge in [0.15, 0.2) is 10.6 Å². The summed E-state index contributed by atoms with van der Waals surface area (Å²) in [4.78, 5) is 22.2. The van der Waals surface area contributed by atoms with E-state index in [4.69, 9.17) is 0 Å². The number of carbonyl (C=O) groups is 1. The summed E-state index contributed by atoms with van der Waals surface area (Å²) >= 11 is 1.44. The summed E-state index contributed by atoms with van der Waals surface area (Å²) in [5, 5.41) is 9.40. The zero-order valence-electron chi connectivity index (χ0n) is 25.3. The number of aromatic nitrogens is 4. The van der Waals surface area contributed by atoms with Gasteiger partial charge >= 0.3 is 12.4 Å². The summed E-state index contributed by atoms with van der Waals surface area (Å²) in [6, 6.07) is 19.2. The van der Waals surface area contributed by atoms with Gasteiger partial charge in [-0.3, -0.25) is 4.57 Å². The molecule has 0 unspecified atom stereocenters. The minimum Gasteiger partial charge on any atom is -0.406 e. The Balaban J connectivity index is 1.19. The van der Waals surface area contributed by atoms with Gasteiger partial charge in [0.25, 0.3) is 0 Å². The lowest BCUT2D eigenvalue weighted by Gasteiger charge is -2.16. The molecule has 0 fully saturated rings. The Morgan fingerprint density at radius 3 is 2.58 bits per heavy atom. The quantitative estimate of drug-likeness (QED) is 0.169. The van der Waals surface area contributed by atoms with Crippen molar-refractivity contribution in [1.82, 2.24) is 24.6 Å². The number of nitrogens with one attached hydrogen (secondary N) is 1. The minimum atomic E-state index is -4.75. The van der Waals surface area contributed by atoms with Crippen LogP contribution < -0.4 is 14.9 Å². The van der Waals surface area contributed by atoms with Crippen LogP contribution in [0.3, 0.4) is 0 Å². The van der Waals surface area contributed by atoms with E-state index in [0.29, 0.717) is 41.6 Å². The Bertz CT molecular complexity index is 1860. The molecule has 45 heavy (non-hydrogen) atoms. The van der Waals surface area contributed by atoms with Crippen molar-refractivity contribution >= 4 is 17.4 Å². The second-order valence-corrected chi connectivity index (χ2v) is 11.8. The van der Waals surface area contributed by atoms with Gasteiger partial charge in [-0.15, -0.1) is 29.6 Å². The van der Waals surface area contributed by atoms with Crippen LogP contribution in [0.1, 0.15) is 48.6 Å². The number of nitrogens with zero attached hydrogens (tertiary/aromatic N) is 5. The number of aryl methyl sites for hydroxylation is 3. The molecule has 3 aromatic carbocycles. The highest BCUT2D eigenvalue weighted by Crippen LogP contribution is 2.26. The molecule has 0 saturated carbocycles. The molecule has 0 atom stereocenters. The molecule has 2 amide bonds. The van der Waals surface area contributed by atoms with E-state index in [0.717, 1.165) is 28.1 Å². The number of urea groups is 1. The van der Waals surface area contributed by atoms with Crippen LogP contribution in [0, 0.1) is 13.8 Å². The zero-order chi connectivity index (χ0) is 32.1. The molecule has 0 radical (unpaired) electrons. The van der Waals surface area contributed by atoms with Crippen LogP contribution in [0.2, 0.25) is 0 Å². The molecule has 12 heteroatoms. The number of rotatable bonds is 9. The molecule has 8 nitrogen and oxygen atoms in total. The van der Waals surface area contributed by atoms with Gasteiger partial charge in [-0.05, 0) is 85.7 Å². The maximum atomic E-state index is 12.8. The second-order valence-electron chi connectivity index (χ2n) is 10.9. The van der Waals surface area contributed by atoms with Crippen molar-refractivity contribution in [1.29, 1.82) is 0 Å². The van der Waals surface area contributed by atoms with Gasteiger partial charge in [0.2, 0.25) is 0 Å². The number of halogens is 3. The summed E-state index contributed by atoms with van der Waals surface area (Å²) in [6.07, 6.45) is -1.82. The highest BCUT2D eigenvalue weighted by Gasteiger charge is 2.31. The van der Waals surface area contributed by atoms with Crippen molar-refractivity contribution in [2.45, 2.75) is 52.8 Å². The van der Waals surface area contributed by atoms with Gasteiger partial charge in [0.1, 0.15) is 12.1 Å². The molecule has 0 aliphatic heterocycles. The molecular weight excluding hydrogens is 601 g/mol. The highest BCUT2D eigenvalue weighted by molar-refractivity contribution is 7.07. The summed E-state index contributed by atoms with van der Waals surface area (Å²) in [5.41, 5.74) is 6.80. The Kier molecular flexibility index (Phi) is 9.52. The SMILES string of the molecule is Cc1ccc(C(C)C)c(-n2c(C)csc2=NC(=O)NCCCc2cccc(-c3ncn(-c4ccc(OC(F)(F)F)cc4)n3)c2)c1. The molecule has 0 spiro atoms. The molecular formula is C33H33F3N6O2S. The maximum Gasteiger partial charge on any atom is 0.573 e. The summed E-state index contributed by atoms with van der Waals surface area (Å²) in [6.45, 7) is 8.84. The Morgan fingerprint density at radius 1 is 1.07 bits per heavy atom. The maximum absolute atomic E-state index is 12.8. The van der Waals surface area contributed by atoms with Crippen LogP contribution in [-0.4, -0.2) is 38.3 Å². The average Bonchev–Trinajstić information content (AvgIpc) is 3.62. The molecule has 0 aliphatic rings. The van der Waals surface area contributed by atoms with Crippen LogP contribution >= 0.6 is 11.3 Å². The molecule has 2 aromatic heterocycles. The first-order valence-electron chi connectivity index (χ1n) is 14.4. The summed E-state index contributed by atoms with van der Waals surface area (Å²) < 4.78 is 44.8. The molecule has 234 valence electrons. The van der Waals surface area contributed by atoms with Gasteiger partial charge in [-0.25, -0.2) is 14.5 Å². The van der Waals surface area contributed by atoms with E-state index in [1.54, 1.807) is 0 Å². The van der Waals surface area contributed by atoms with Crippen LogP contribution in [0.15, 0.2) is 83.4 Å². The van der Waals surface area contributed by atoms with Crippen LogP contribution in [-0.2, 0) is 6.42 Å². The van der Waals surface area contributed by atoms with Crippen molar-refractivity contribution in [2.75, 3.05) is 6.54 Å². The van der Waals surface area contributed by atoms with Crippen LogP contribution in [0.4, 0.5) is 18.0 Å². The normalized spacial score (nSPS) is 12.1. The molecule has 0 saturated heterocycles. The number of thiazole rings is 1. The lowest BCUT2D eigenvalue weighted by molar-refractivity contribution is -0.274. The first kappa shape index (κ1) is 31.7. The van der Waals surface area contributed by atoms with E-state index in [2.05, 4.69) is 64.1 Å². The summed E-state index contributed by atoms with van der Waals surface area (Å²) in [7, 11) is 0. The predicted molar refractivity (Wildman–Crippen MR) is 168 cm³/mol. The first-order valence-corrected chi connectivity index (χ1v) is 15.3.